The van der Waals surface area contributed by atoms with Gasteiger partial charge in [0, 0.05) is 18.1 Å². The van der Waals surface area contributed by atoms with Crippen molar-refractivity contribution in [2.24, 2.45) is 10.8 Å². The highest BCUT2D eigenvalue weighted by atomic mass is 16.5. The summed E-state index contributed by atoms with van der Waals surface area (Å²) in [5.74, 6) is 3.65. The molecule has 3 N–H and O–H groups in total. The van der Waals surface area contributed by atoms with Crippen molar-refractivity contribution in [3.8, 4) is 23.8 Å². The van der Waals surface area contributed by atoms with E-state index in [0.717, 1.165) is 5.56 Å². The summed E-state index contributed by atoms with van der Waals surface area (Å²) >= 11 is 0. The van der Waals surface area contributed by atoms with Gasteiger partial charge in [0.1, 0.15) is 23.7 Å². The van der Waals surface area contributed by atoms with Crippen LogP contribution in [0.2, 0.25) is 0 Å². The second-order valence-corrected chi connectivity index (χ2v) is 5.22. The molecule has 0 saturated carbocycles. The van der Waals surface area contributed by atoms with Crippen molar-refractivity contribution >= 4 is 11.7 Å². The third-order valence-electron chi connectivity index (χ3n) is 2.87. The van der Waals surface area contributed by atoms with Gasteiger partial charge in [-0.15, -0.1) is 6.42 Å². The van der Waals surface area contributed by atoms with Crippen molar-refractivity contribution in [3.63, 3.8) is 0 Å². The van der Waals surface area contributed by atoms with Gasteiger partial charge in [-0.25, -0.2) is 10.2 Å². The van der Waals surface area contributed by atoms with Gasteiger partial charge in [0.25, 0.3) is 0 Å². The molecule has 0 radical (unpaired) electrons. The first kappa shape index (κ1) is 14.7. The van der Waals surface area contributed by atoms with Crippen LogP contribution in [0.1, 0.15) is 25.8 Å². The minimum atomic E-state index is -0.706. The maximum absolute atomic E-state index is 10.8. The fourth-order valence-electron chi connectivity index (χ4n) is 2.09. The zero-order chi connectivity index (χ0) is 15.5. The lowest BCUT2D eigenvalue weighted by molar-refractivity contribution is 0.110. The number of nitrogens with two attached hydrogens (primary N) is 1. The van der Waals surface area contributed by atoms with E-state index >= 15 is 0 Å². The van der Waals surface area contributed by atoms with Gasteiger partial charge < -0.3 is 15.2 Å². The van der Waals surface area contributed by atoms with Crippen LogP contribution in [0.15, 0.2) is 23.3 Å². The summed E-state index contributed by atoms with van der Waals surface area (Å²) in [6, 6.07) is 4.64. The van der Waals surface area contributed by atoms with Crippen molar-refractivity contribution < 1.29 is 14.3 Å². The number of terminal acetylenes is 1. The number of rotatable bonds is 3. The molecule has 0 unspecified atom stereocenters. The van der Waals surface area contributed by atoms with Crippen LogP contribution in [-0.2, 0) is 0 Å². The van der Waals surface area contributed by atoms with E-state index in [2.05, 4.69) is 16.4 Å². The number of carbonyl (C=O) groups is 1. The molecule has 1 aromatic carbocycles. The number of carbonyl (C=O) groups excluding carboxylic acids is 1. The quantitative estimate of drug-likeness (QED) is 0.654. The molecule has 6 nitrogen and oxygen atoms in total. The SMILES string of the molecule is C#CCOc1ccc2c(c1)OC(C)(C)C/C2=N\NC(N)=O. The Morgan fingerprint density at radius 1 is 1.62 bits per heavy atom. The predicted molar refractivity (Wildman–Crippen MR) is 79.4 cm³/mol. The summed E-state index contributed by atoms with van der Waals surface area (Å²) in [7, 11) is 0. The largest absolute Gasteiger partial charge is 0.487 e. The first-order chi connectivity index (χ1) is 9.91. The molecule has 6 heteroatoms. The van der Waals surface area contributed by atoms with Crippen LogP contribution >= 0.6 is 0 Å². The molecular weight excluding hydrogens is 270 g/mol. The number of primary amides is 1. The number of benzene rings is 1. The first-order valence-corrected chi connectivity index (χ1v) is 6.43. The van der Waals surface area contributed by atoms with Crippen LogP contribution in [0.3, 0.4) is 0 Å². The van der Waals surface area contributed by atoms with Crippen LogP contribution in [0.4, 0.5) is 4.79 Å². The Morgan fingerprint density at radius 3 is 3.05 bits per heavy atom. The van der Waals surface area contributed by atoms with Crippen LogP contribution in [-0.4, -0.2) is 24.0 Å². The average molecular weight is 287 g/mol. The average Bonchev–Trinajstić information content (AvgIpc) is 2.40. The second-order valence-electron chi connectivity index (χ2n) is 5.22. The lowest BCUT2D eigenvalue weighted by Gasteiger charge is -2.33. The number of hydrogen-bond acceptors (Lipinski definition) is 4. The molecule has 0 atom stereocenters. The van der Waals surface area contributed by atoms with E-state index in [4.69, 9.17) is 21.6 Å². The van der Waals surface area contributed by atoms with Crippen LogP contribution in [0.5, 0.6) is 11.5 Å². The lowest BCUT2D eigenvalue weighted by atomic mass is 9.92. The summed E-state index contributed by atoms with van der Waals surface area (Å²) in [4.78, 5) is 10.8. The van der Waals surface area contributed by atoms with Gasteiger partial charge in [-0.05, 0) is 26.0 Å². The minimum absolute atomic E-state index is 0.187. The van der Waals surface area contributed by atoms with Gasteiger partial charge in [-0.3, -0.25) is 0 Å². The minimum Gasteiger partial charge on any atom is -0.487 e. The van der Waals surface area contributed by atoms with E-state index in [1.165, 1.54) is 0 Å². The Hall–Kier alpha value is -2.68. The third-order valence-corrected chi connectivity index (χ3v) is 2.87. The summed E-state index contributed by atoms with van der Waals surface area (Å²) < 4.78 is 11.3. The van der Waals surface area contributed by atoms with E-state index in [0.29, 0.717) is 23.6 Å². The van der Waals surface area contributed by atoms with E-state index in [-0.39, 0.29) is 6.61 Å². The van der Waals surface area contributed by atoms with E-state index < -0.39 is 11.6 Å². The monoisotopic (exact) mass is 287 g/mol. The number of amides is 2. The van der Waals surface area contributed by atoms with Gasteiger partial charge in [-0.2, -0.15) is 5.10 Å². The highest BCUT2D eigenvalue weighted by Gasteiger charge is 2.31. The number of hydrazone groups is 1. The molecule has 0 fully saturated rings. The molecule has 0 aromatic heterocycles. The molecule has 0 saturated heterocycles. The van der Waals surface area contributed by atoms with Gasteiger partial charge in [0.05, 0.1) is 5.71 Å². The van der Waals surface area contributed by atoms with Crippen molar-refractivity contribution in [2.45, 2.75) is 25.9 Å². The number of ether oxygens (including phenoxy) is 2. The Morgan fingerprint density at radius 2 is 2.38 bits per heavy atom. The van der Waals surface area contributed by atoms with Gasteiger partial charge in [0.15, 0.2) is 0 Å². The maximum atomic E-state index is 10.8. The molecule has 2 rings (SSSR count). The van der Waals surface area contributed by atoms with Gasteiger partial charge in [-0.1, -0.05) is 5.92 Å². The van der Waals surface area contributed by atoms with Crippen LogP contribution in [0.25, 0.3) is 0 Å². The molecule has 1 aliphatic heterocycles. The Labute approximate surface area is 123 Å². The van der Waals surface area contributed by atoms with Crippen molar-refractivity contribution in [1.29, 1.82) is 0 Å². The van der Waals surface area contributed by atoms with Crippen LogP contribution in [0, 0.1) is 12.3 Å². The molecule has 21 heavy (non-hydrogen) atoms. The Kier molecular flexibility index (Phi) is 4.03. The lowest BCUT2D eigenvalue weighted by Crippen LogP contribution is -2.37. The molecule has 0 aliphatic carbocycles. The Balaban J connectivity index is 2.36. The standard InChI is InChI=1S/C15H17N3O3/c1-4-7-20-10-5-6-11-12(17-18-14(16)19)9-15(2,3)21-13(11)8-10/h1,5-6,8H,7,9H2,2-3H3,(H3,16,18,19)/b17-12+. The van der Waals surface area contributed by atoms with Crippen molar-refractivity contribution in [3.05, 3.63) is 23.8 Å². The molecule has 0 bridgehead atoms. The van der Waals surface area contributed by atoms with Gasteiger partial charge >= 0.3 is 6.03 Å². The smallest absolute Gasteiger partial charge is 0.332 e. The highest BCUT2D eigenvalue weighted by Crippen LogP contribution is 2.35. The molecule has 1 aliphatic rings. The molecule has 1 aromatic rings. The normalized spacial score (nSPS) is 17.3. The fraction of sp³-hybridized carbons (Fsp3) is 0.333. The molecular formula is C15H17N3O3. The number of nitrogens with zero attached hydrogens (tertiary/aromatic N) is 1. The van der Waals surface area contributed by atoms with E-state index in [9.17, 15) is 4.79 Å². The molecule has 0 spiro atoms. The number of urea groups is 1. The fourth-order valence-corrected chi connectivity index (χ4v) is 2.09. The summed E-state index contributed by atoms with van der Waals surface area (Å²) in [6.07, 6.45) is 5.72. The first-order valence-electron chi connectivity index (χ1n) is 6.43. The second kappa shape index (κ2) is 5.75. The van der Waals surface area contributed by atoms with Crippen molar-refractivity contribution in [1.82, 2.24) is 5.43 Å². The van der Waals surface area contributed by atoms with Crippen LogP contribution < -0.4 is 20.6 Å². The van der Waals surface area contributed by atoms with Gasteiger partial charge in [0.2, 0.25) is 0 Å². The maximum Gasteiger partial charge on any atom is 0.332 e. The third kappa shape index (κ3) is 3.66. The van der Waals surface area contributed by atoms with E-state index in [1.807, 2.05) is 19.9 Å². The number of fused-ring (bicyclic) bond motifs is 1. The van der Waals surface area contributed by atoms with E-state index in [1.54, 1.807) is 12.1 Å². The number of nitrogens with one attached hydrogen (secondary N) is 1. The molecule has 110 valence electrons. The highest BCUT2D eigenvalue weighted by molar-refractivity contribution is 6.04. The van der Waals surface area contributed by atoms with Crippen molar-refractivity contribution in [2.75, 3.05) is 6.61 Å². The predicted octanol–water partition coefficient (Wildman–Crippen LogP) is 1.63. The topological polar surface area (TPSA) is 85.9 Å². The molecule has 2 amide bonds. The summed E-state index contributed by atoms with van der Waals surface area (Å²) in [6.45, 7) is 4.06. The number of hydrogen-bond donors (Lipinski definition) is 2. The summed E-state index contributed by atoms with van der Waals surface area (Å²) in [5, 5.41) is 4.05. The zero-order valence-corrected chi connectivity index (χ0v) is 12.0. The summed E-state index contributed by atoms with van der Waals surface area (Å²) in [5.41, 5.74) is 8.34. The molecule has 1 heterocycles. The Bertz CT molecular complexity index is 630. The zero-order valence-electron chi connectivity index (χ0n) is 12.0.